The zero-order chi connectivity index (χ0) is 10.4. The summed E-state index contributed by atoms with van der Waals surface area (Å²) >= 11 is 0. The van der Waals surface area contributed by atoms with Crippen LogP contribution < -0.4 is 5.32 Å². The Morgan fingerprint density at radius 1 is 1.43 bits per heavy atom. The molecule has 0 spiro atoms. The SMILES string of the molecule is CCC(NC(=O)OC)C1CCCCC1. The third kappa shape index (κ3) is 3.20. The number of carbonyl (C=O) groups excluding carboxylic acids is 1. The van der Waals surface area contributed by atoms with Gasteiger partial charge >= 0.3 is 6.09 Å². The molecule has 0 heterocycles. The summed E-state index contributed by atoms with van der Waals surface area (Å²) in [6, 6.07) is 0.308. The highest BCUT2D eigenvalue weighted by Crippen LogP contribution is 2.27. The van der Waals surface area contributed by atoms with Crippen molar-refractivity contribution >= 4 is 6.09 Å². The molecule has 82 valence electrons. The summed E-state index contributed by atoms with van der Waals surface area (Å²) in [4.78, 5) is 11.1. The summed E-state index contributed by atoms with van der Waals surface area (Å²) in [5, 5.41) is 2.92. The molecule has 14 heavy (non-hydrogen) atoms. The fraction of sp³-hybridized carbons (Fsp3) is 0.909. The van der Waals surface area contributed by atoms with Gasteiger partial charge in [0.1, 0.15) is 0 Å². The second-order valence-electron chi connectivity index (χ2n) is 4.05. The van der Waals surface area contributed by atoms with Crippen molar-refractivity contribution in [2.24, 2.45) is 5.92 Å². The summed E-state index contributed by atoms with van der Waals surface area (Å²) in [5.74, 6) is 0.660. The fourth-order valence-corrected chi connectivity index (χ4v) is 2.30. The second kappa shape index (κ2) is 5.89. The smallest absolute Gasteiger partial charge is 0.407 e. The molecule has 1 aliphatic rings. The topological polar surface area (TPSA) is 38.3 Å². The lowest BCUT2D eigenvalue weighted by Gasteiger charge is -2.29. The highest BCUT2D eigenvalue weighted by Gasteiger charge is 2.23. The standard InChI is InChI=1S/C11H21NO2/c1-3-10(12-11(13)14-2)9-7-5-4-6-8-9/h9-10H,3-8H2,1-2H3,(H,12,13). The van der Waals surface area contributed by atoms with E-state index >= 15 is 0 Å². The van der Waals surface area contributed by atoms with Gasteiger partial charge in [0.05, 0.1) is 7.11 Å². The Bertz CT molecular complexity index is 176. The van der Waals surface area contributed by atoms with Crippen LogP contribution >= 0.6 is 0 Å². The number of hydrogen-bond donors (Lipinski definition) is 1. The average molecular weight is 199 g/mol. The monoisotopic (exact) mass is 199 g/mol. The molecule has 1 unspecified atom stereocenters. The Balaban J connectivity index is 2.39. The molecule has 1 atom stereocenters. The lowest BCUT2D eigenvalue weighted by molar-refractivity contribution is 0.156. The first-order valence-corrected chi connectivity index (χ1v) is 5.62. The van der Waals surface area contributed by atoms with Crippen molar-refractivity contribution in [3.63, 3.8) is 0 Å². The second-order valence-corrected chi connectivity index (χ2v) is 4.05. The molecule has 1 amide bonds. The van der Waals surface area contributed by atoms with Crippen LogP contribution in [0.4, 0.5) is 4.79 Å². The van der Waals surface area contributed by atoms with Gasteiger partial charge in [0, 0.05) is 6.04 Å². The van der Waals surface area contributed by atoms with E-state index in [0.717, 1.165) is 6.42 Å². The number of rotatable bonds is 3. The van der Waals surface area contributed by atoms with Crippen LogP contribution in [0.25, 0.3) is 0 Å². The number of hydrogen-bond acceptors (Lipinski definition) is 2. The summed E-state index contributed by atoms with van der Waals surface area (Å²) < 4.78 is 4.62. The van der Waals surface area contributed by atoms with Crippen LogP contribution in [0.2, 0.25) is 0 Å². The molecule has 1 saturated carbocycles. The van der Waals surface area contributed by atoms with Crippen LogP contribution in [0, 0.1) is 5.92 Å². The molecule has 3 nitrogen and oxygen atoms in total. The minimum Gasteiger partial charge on any atom is -0.453 e. The molecule has 1 fully saturated rings. The van der Waals surface area contributed by atoms with Gasteiger partial charge in [0.25, 0.3) is 0 Å². The first-order valence-electron chi connectivity index (χ1n) is 5.62. The highest BCUT2D eigenvalue weighted by molar-refractivity contribution is 5.67. The van der Waals surface area contributed by atoms with Crippen LogP contribution in [-0.4, -0.2) is 19.2 Å². The maximum atomic E-state index is 11.1. The third-order valence-electron chi connectivity index (χ3n) is 3.15. The van der Waals surface area contributed by atoms with Gasteiger partial charge in [0.15, 0.2) is 0 Å². The highest BCUT2D eigenvalue weighted by atomic mass is 16.5. The number of carbonyl (C=O) groups is 1. The lowest BCUT2D eigenvalue weighted by Crippen LogP contribution is -2.40. The number of alkyl carbamates (subject to hydrolysis) is 1. The van der Waals surface area contributed by atoms with E-state index in [1.165, 1.54) is 39.2 Å². The third-order valence-corrected chi connectivity index (χ3v) is 3.15. The molecule has 1 rings (SSSR count). The minimum absolute atomic E-state index is 0.289. The number of ether oxygens (including phenoxy) is 1. The maximum Gasteiger partial charge on any atom is 0.407 e. The zero-order valence-corrected chi connectivity index (χ0v) is 9.21. The first-order chi connectivity index (χ1) is 6.77. The van der Waals surface area contributed by atoms with Gasteiger partial charge in [-0.1, -0.05) is 26.2 Å². The van der Waals surface area contributed by atoms with E-state index in [9.17, 15) is 4.79 Å². The summed E-state index contributed by atoms with van der Waals surface area (Å²) in [6.45, 7) is 2.12. The van der Waals surface area contributed by atoms with Gasteiger partial charge in [-0.25, -0.2) is 4.79 Å². The Morgan fingerprint density at radius 3 is 2.57 bits per heavy atom. The van der Waals surface area contributed by atoms with Gasteiger partial charge in [-0.05, 0) is 25.2 Å². The van der Waals surface area contributed by atoms with Crippen molar-refractivity contribution in [1.29, 1.82) is 0 Å². The van der Waals surface area contributed by atoms with Crippen molar-refractivity contribution in [3.05, 3.63) is 0 Å². The first kappa shape index (κ1) is 11.3. The van der Waals surface area contributed by atoms with Crippen LogP contribution in [0.15, 0.2) is 0 Å². The summed E-state index contributed by atoms with van der Waals surface area (Å²) in [6.07, 6.45) is 7.19. The van der Waals surface area contributed by atoms with Crippen molar-refractivity contribution in [1.82, 2.24) is 5.32 Å². The van der Waals surface area contributed by atoms with Crippen LogP contribution in [0.1, 0.15) is 45.4 Å². The van der Waals surface area contributed by atoms with E-state index in [2.05, 4.69) is 17.0 Å². The van der Waals surface area contributed by atoms with E-state index in [1.54, 1.807) is 0 Å². The average Bonchev–Trinajstić information content (AvgIpc) is 2.26. The van der Waals surface area contributed by atoms with E-state index in [0.29, 0.717) is 12.0 Å². The van der Waals surface area contributed by atoms with Gasteiger partial charge in [0.2, 0.25) is 0 Å². The Labute approximate surface area is 86.2 Å². The van der Waals surface area contributed by atoms with E-state index in [1.807, 2.05) is 0 Å². The van der Waals surface area contributed by atoms with Crippen molar-refractivity contribution in [2.45, 2.75) is 51.5 Å². The molecule has 0 aliphatic heterocycles. The molecule has 1 N–H and O–H groups in total. The molecule has 0 bridgehead atoms. The van der Waals surface area contributed by atoms with Gasteiger partial charge < -0.3 is 10.1 Å². The van der Waals surface area contributed by atoms with E-state index in [4.69, 9.17) is 0 Å². The predicted octanol–water partition coefficient (Wildman–Crippen LogP) is 2.70. The largest absolute Gasteiger partial charge is 0.453 e. The van der Waals surface area contributed by atoms with E-state index < -0.39 is 0 Å². The molecular formula is C11H21NO2. The van der Waals surface area contributed by atoms with Crippen LogP contribution in [-0.2, 0) is 4.74 Å². The molecule has 0 aromatic carbocycles. The van der Waals surface area contributed by atoms with Crippen LogP contribution in [0.5, 0.6) is 0 Å². The van der Waals surface area contributed by atoms with Crippen molar-refractivity contribution in [2.75, 3.05) is 7.11 Å². The normalized spacial score (nSPS) is 20.1. The fourth-order valence-electron chi connectivity index (χ4n) is 2.30. The van der Waals surface area contributed by atoms with Gasteiger partial charge in [-0.15, -0.1) is 0 Å². The molecule has 3 heteroatoms. The minimum atomic E-state index is -0.289. The molecule has 0 aromatic rings. The van der Waals surface area contributed by atoms with Crippen molar-refractivity contribution in [3.8, 4) is 0 Å². The summed E-state index contributed by atoms with van der Waals surface area (Å²) in [5.41, 5.74) is 0. The Kier molecular flexibility index (Phi) is 4.77. The number of methoxy groups -OCH3 is 1. The molecule has 0 saturated heterocycles. The van der Waals surface area contributed by atoms with E-state index in [-0.39, 0.29) is 6.09 Å². The number of nitrogens with one attached hydrogen (secondary N) is 1. The predicted molar refractivity (Wildman–Crippen MR) is 56.2 cm³/mol. The van der Waals surface area contributed by atoms with Gasteiger partial charge in [-0.3, -0.25) is 0 Å². The van der Waals surface area contributed by atoms with Gasteiger partial charge in [-0.2, -0.15) is 0 Å². The molecule has 1 aliphatic carbocycles. The number of amides is 1. The molecule has 0 aromatic heterocycles. The lowest BCUT2D eigenvalue weighted by atomic mass is 9.83. The zero-order valence-electron chi connectivity index (χ0n) is 9.21. The van der Waals surface area contributed by atoms with Crippen LogP contribution in [0.3, 0.4) is 0 Å². The Hall–Kier alpha value is -0.730. The Morgan fingerprint density at radius 2 is 2.07 bits per heavy atom. The maximum absolute atomic E-state index is 11.1. The quantitative estimate of drug-likeness (QED) is 0.759. The van der Waals surface area contributed by atoms with Crippen molar-refractivity contribution < 1.29 is 9.53 Å². The molecular weight excluding hydrogens is 178 g/mol. The summed E-state index contributed by atoms with van der Waals surface area (Å²) in [7, 11) is 1.42. The molecule has 0 radical (unpaired) electrons.